The third-order valence-electron chi connectivity index (χ3n) is 5.65. The Morgan fingerprint density at radius 3 is 2.70 bits per heavy atom. The van der Waals surface area contributed by atoms with Crippen LogP contribution >= 0.6 is 0 Å². The van der Waals surface area contributed by atoms with Crippen LogP contribution in [0.4, 0.5) is 18.9 Å². The number of alkyl halides is 3. The van der Waals surface area contributed by atoms with Crippen LogP contribution in [0.25, 0.3) is 16.7 Å². The highest BCUT2D eigenvalue weighted by atomic mass is 19.4. The van der Waals surface area contributed by atoms with E-state index in [1.165, 1.54) is 10.6 Å². The molecule has 2 aromatic carbocycles. The molecule has 154 valence electrons. The van der Waals surface area contributed by atoms with Gasteiger partial charge in [-0.05, 0) is 42.7 Å². The van der Waals surface area contributed by atoms with Gasteiger partial charge in [0.15, 0.2) is 5.82 Å². The van der Waals surface area contributed by atoms with E-state index in [-0.39, 0.29) is 12.1 Å². The highest BCUT2D eigenvalue weighted by Crippen LogP contribution is 2.36. The Hall–Kier alpha value is -3.36. The Bertz CT molecular complexity index is 1340. The molecular weight excluding hydrogens is 395 g/mol. The molecule has 2 aromatic heterocycles. The fourth-order valence-electron chi connectivity index (χ4n) is 4.16. The zero-order chi connectivity index (χ0) is 21.0. The summed E-state index contributed by atoms with van der Waals surface area (Å²) in [4.78, 5) is 14.5. The second kappa shape index (κ2) is 6.58. The zero-order valence-electron chi connectivity index (χ0n) is 16.1. The van der Waals surface area contributed by atoms with Gasteiger partial charge in [-0.3, -0.25) is 13.8 Å². The molecule has 1 aliphatic rings. The van der Waals surface area contributed by atoms with Gasteiger partial charge in [-0.2, -0.15) is 13.2 Å². The Balaban J connectivity index is 1.64. The molecule has 1 aliphatic heterocycles. The molecule has 0 amide bonds. The van der Waals surface area contributed by atoms with Gasteiger partial charge in [-0.1, -0.05) is 18.2 Å². The summed E-state index contributed by atoms with van der Waals surface area (Å²) in [6.45, 7) is 0.907. The molecule has 0 N–H and O–H groups in total. The maximum Gasteiger partial charge on any atom is 0.416 e. The average molecular weight is 413 g/mol. The predicted octanol–water partition coefficient (Wildman–Crippen LogP) is 3.55. The van der Waals surface area contributed by atoms with Gasteiger partial charge in [0.05, 0.1) is 23.0 Å². The van der Waals surface area contributed by atoms with E-state index in [9.17, 15) is 18.0 Å². The van der Waals surface area contributed by atoms with Crippen molar-refractivity contribution in [2.24, 2.45) is 7.05 Å². The molecule has 0 bridgehead atoms. The normalized spacial score (nSPS) is 14.5. The maximum absolute atomic E-state index is 13.2. The first-order chi connectivity index (χ1) is 14.3. The van der Waals surface area contributed by atoms with Gasteiger partial charge in [0.1, 0.15) is 0 Å². The average Bonchev–Trinajstić information content (AvgIpc) is 3.15. The van der Waals surface area contributed by atoms with Crippen molar-refractivity contribution in [2.75, 3.05) is 11.4 Å². The van der Waals surface area contributed by atoms with Crippen molar-refractivity contribution in [1.29, 1.82) is 0 Å². The Kier molecular flexibility index (Phi) is 4.09. The summed E-state index contributed by atoms with van der Waals surface area (Å²) in [6.07, 6.45) is -2.81. The first kappa shape index (κ1) is 18.7. The van der Waals surface area contributed by atoms with Crippen molar-refractivity contribution in [3.63, 3.8) is 0 Å². The number of aromatic nitrogens is 4. The summed E-state index contributed by atoms with van der Waals surface area (Å²) in [7, 11) is 1.63. The topological polar surface area (TPSA) is 55.4 Å². The standard InChI is InChI=1S/C21H18F3N5O/c1-27-19(30)15-6-2-3-7-16(15)29-18(25-26-20(27)29)12-28-10-4-5-13-8-9-14(11-17(13)28)21(22,23)24/h2-3,6-9,11H,4-5,10,12H2,1H3. The summed E-state index contributed by atoms with van der Waals surface area (Å²) in [5.74, 6) is 0.969. The van der Waals surface area contributed by atoms with Crippen molar-refractivity contribution >= 4 is 22.4 Å². The van der Waals surface area contributed by atoms with E-state index < -0.39 is 11.7 Å². The molecule has 3 heterocycles. The van der Waals surface area contributed by atoms with Crippen LogP contribution in [0.2, 0.25) is 0 Å². The lowest BCUT2D eigenvalue weighted by atomic mass is 9.99. The number of nitrogens with zero attached hydrogens (tertiary/aromatic N) is 5. The number of anilines is 1. The molecular formula is C21H18F3N5O. The molecule has 4 aromatic rings. The van der Waals surface area contributed by atoms with Crippen LogP contribution in [0.15, 0.2) is 47.3 Å². The molecule has 6 nitrogen and oxygen atoms in total. The van der Waals surface area contributed by atoms with E-state index in [0.29, 0.717) is 34.7 Å². The van der Waals surface area contributed by atoms with Crippen LogP contribution < -0.4 is 10.5 Å². The van der Waals surface area contributed by atoms with Gasteiger partial charge in [0.25, 0.3) is 5.56 Å². The van der Waals surface area contributed by atoms with Crippen LogP contribution in [0, 0.1) is 0 Å². The molecule has 0 unspecified atom stereocenters. The third kappa shape index (κ3) is 2.84. The van der Waals surface area contributed by atoms with E-state index in [4.69, 9.17) is 0 Å². The summed E-state index contributed by atoms with van der Waals surface area (Å²) >= 11 is 0. The minimum absolute atomic E-state index is 0.171. The number of fused-ring (bicyclic) bond motifs is 4. The molecule has 0 radical (unpaired) electrons. The van der Waals surface area contributed by atoms with Crippen molar-refractivity contribution < 1.29 is 13.2 Å². The molecule has 30 heavy (non-hydrogen) atoms. The molecule has 0 atom stereocenters. The van der Waals surface area contributed by atoms with Crippen molar-refractivity contribution in [1.82, 2.24) is 19.2 Å². The quantitative estimate of drug-likeness (QED) is 0.504. The lowest BCUT2D eigenvalue weighted by molar-refractivity contribution is -0.137. The summed E-state index contributed by atoms with van der Waals surface area (Å²) in [5.41, 5.74) is 1.31. The number of aryl methyl sites for hydroxylation is 2. The Morgan fingerprint density at radius 1 is 1.10 bits per heavy atom. The van der Waals surface area contributed by atoms with Crippen LogP contribution in [0.5, 0.6) is 0 Å². The number of halogens is 3. The van der Waals surface area contributed by atoms with Crippen molar-refractivity contribution in [2.45, 2.75) is 25.6 Å². The summed E-state index contributed by atoms with van der Waals surface area (Å²) in [6, 6.07) is 11.1. The Labute approximate surface area is 169 Å². The second-order valence-corrected chi connectivity index (χ2v) is 7.50. The zero-order valence-corrected chi connectivity index (χ0v) is 16.1. The Morgan fingerprint density at radius 2 is 1.90 bits per heavy atom. The van der Waals surface area contributed by atoms with Crippen molar-refractivity contribution in [3.05, 3.63) is 69.8 Å². The number of hydrogen-bond acceptors (Lipinski definition) is 4. The minimum Gasteiger partial charge on any atom is -0.364 e. The van der Waals surface area contributed by atoms with Gasteiger partial charge in [-0.25, -0.2) is 0 Å². The molecule has 0 saturated heterocycles. The number of para-hydroxylation sites is 1. The van der Waals surface area contributed by atoms with Gasteiger partial charge >= 0.3 is 6.18 Å². The van der Waals surface area contributed by atoms with E-state index in [1.807, 2.05) is 17.0 Å². The monoisotopic (exact) mass is 413 g/mol. The molecule has 0 spiro atoms. The van der Waals surface area contributed by atoms with Crippen LogP contribution in [0.3, 0.4) is 0 Å². The molecule has 5 rings (SSSR count). The lowest BCUT2D eigenvalue weighted by Gasteiger charge is -2.31. The first-order valence-electron chi connectivity index (χ1n) is 9.61. The highest BCUT2D eigenvalue weighted by molar-refractivity contribution is 5.80. The maximum atomic E-state index is 13.2. The molecule has 9 heteroatoms. The molecule has 0 aliphatic carbocycles. The lowest BCUT2D eigenvalue weighted by Crippen LogP contribution is -2.30. The predicted molar refractivity (Wildman–Crippen MR) is 107 cm³/mol. The first-order valence-corrected chi connectivity index (χ1v) is 9.61. The minimum atomic E-state index is -4.39. The smallest absolute Gasteiger partial charge is 0.364 e. The number of hydrogen-bond donors (Lipinski definition) is 0. The molecule has 0 saturated carbocycles. The van der Waals surface area contributed by atoms with Crippen molar-refractivity contribution in [3.8, 4) is 0 Å². The number of benzene rings is 2. The summed E-state index contributed by atoms with van der Waals surface area (Å²) in [5, 5.41) is 8.99. The van der Waals surface area contributed by atoms with Crippen LogP contribution in [-0.4, -0.2) is 25.7 Å². The number of rotatable bonds is 2. The third-order valence-corrected chi connectivity index (χ3v) is 5.65. The fourth-order valence-corrected chi connectivity index (χ4v) is 4.16. The van der Waals surface area contributed by atoms with Crippen LogP contribution in [0.1, 0.15) is 23.4 Å². The van der Waals surface area contributed by atoms with Gasteiger partial charge in [-0.15, -0.1) is 10.2 Å². The largest absolute Gasteiger partial charge is 0.416 e. The molecule has 0 fully saturated rings. The fraction of sp³-hybridized carbons (Fsp3) is 0.286. The van der Waals surface area contributed by atoms with E-state index in [2.05, 4.69) is 10.2 Å². The van der Waals surface area contributed by atoms with Gasteiger partial charge in [0.2, 0.25) is 5.78 Å². The van der Waals surface area contributed by atoms with Crippen LogP contribution in [-0.2, 0) is 26.2 Å². The van der Waals surface area contributed by atoms with E-state index >= 15 is 0 Å². The van der Waals surface area contributed by atoms with E-state index in [1.54, 1.807) is 29.6 Å². The van der Waals surface area contributed by atoms with Gasteiger partial charge < -0.3 is 4.90 Å². The summed E-state index contributed by atoms with van der Waals surface area (Å²) < 4.78 is 43.0. The second-order valence-electron chi connectivity index (χ2n) is 7.50. The van der Waals surface area contributed by atoms with E-state index in [0.717, 1.165) is 24.5 Å². The SMILES string of the molecule is Cn1c(=O)c2ccccc2n2c(CN3CCCc4ccc(C(F)(F)F)cc43)nnc12. The highest BCUT2D eigenvalue weighted by Gasteiger charge is 2.32. The van der Waals surface area contributed by atoms with Gasteiger partial charge in [0, 0.05) is 19.3 Å².